The van der Waals surface area contributed by atoms with Crippen LogP contribution in [0.1, 0.15) is 69.8 Å². The first-order valence-electron chi connectivity index (χ1n) is 15.8. The Bertz CT molecular complexity index is 1320. The van der Waals surface area contributed by atoms with Gasteiger partial charge in [-0.05, 0) is 94.2 Å². The van der Waals surface area contributed by atoms with E-state index in [4.69, 9.17) is 4.74 Å². The number of benzene rings is 2. The van der Waals surface area contributed by atoms with Gasteiger partial charge in [-0.2, -0.15) is 4.31 Å². The minimum atomic E-state index is -3.91. The molecule has 0 radical (unpaired) electrons. The molecule has 2 N–H and O–H groups in total. The van der Waals surface area contributed by atoms with Crippen molar-refractivity contribution in [1.29, 1.82) is 0 Å². The zero-order valence-corrected chi connectivity index (χ0v) is 28.7. The fourth-order valence-electron chi connectivity index (χ4n) is 4.84. The average Bonchev–Trinajstić information content (AvgIpc) is 3.53. The number of carbonyl (C=O) groups is 3. The van der Waals surface area contributed by atoms with E-state index >= 15 is 0 Å². The van der Waals surface area contributed by atoms with Gasteiger partial charge in [0, 0.05) is 38.8 Å². The molecule has 0 bridgehead atoms. The van der Waals surface area contributed by atoms with Crippen LogP contribution in [0, 0.1) is 0 Å². The van der Waals surface area contributed by atoms with Gasteiger partial charge in [-0.15, -0.1) is 0 Å². The van der Waals surface area contributed by atoms with Crippen molar-refractivity contribution in [3.8, 4) is 5.75 Å². The number of ether oxygens (including phenoxy) is 1. The van der Waals surface area contributed by atoms with Crippen molar-refractivity contribution in [3.05, 3.63) is 59.7 Å². The molecule has 11 nitrogen and oxygen atoms in total. The summed E-state index contributed by atoms with van der Waals surface area (Å²) < 4.78 is 33.1. The molecule has 12 heteroatoms. The number of carbonyl (C=O) groups excluding carboxylic acids is 3. The molecule has 1 fully saturated rings. The summed E-state index contributed by atoms with van der Waals surface area (Å²) in [5.41, 5.74) is 1.31. The largest absolute Gasteiger partial charge is 0.414 e. The normalized spacial score (nSPS) is 15.5. The second-order valence-corrected chi connectivity index (χ2v) is 13.1. The van der Waals surface area contributed by atoms with E-state index in [1.165, 1.54) is 53.1 Å². The minimum Gasteiger partial charge on any atom is -0.410 e. The van der Waals surface area contributed by atoms with Gasteiger partial charge < -0.3 is 25.2 Å². The van der Waals surface area contributed by atoms with Crippen LogP contribution in [0.15, 0.2) is 53.4 Å². The van der Waals surface area contributed by atoms with Gasteiger partial charge in [0.1, 0.15) is 11.8 Å². The maximum atomic E-state index is 13.3. The van der Waals surface area contributed by atoms with Crippen LogP contribution in [0.5, 0.6) is 5.75 Å². The monoisotopic (exact) mass is 645 g/mol. The topological polar surface area (TPSA) is 128 Å². The first kappa shape index (κ1) is 37.7. The number of amides is 3. The molecule has 2 atom stereocenters. The average molecular weight is 646 g/mol. The summed E-state index contributed by atoms with van der Waals surface area (Å²) in [4.78, 5) is 40.7. The lowest BCUT2D eigenvalue weighted by atomic mass is 10.1. The SMILES string of the molecule is CCCNC(=O)c1ccc(S(=O)(=O)N2CCC[C@H]2C(=O)N[C@H](C)Cc2ccc(OC(=O)N(C)C)cc2)cc1.CCN(CC)CC. The molecule has 0 saturated carbocycles. The molecule has 0 aromatic heterocycles. The predicted octanol–water partition coefficient (Wildman–Crippen LogP) is 4.14. The molecule has 0 spiro atoms. The van der Waals surface area contributed by atoms with E-state index in [0.29, 0.717) is 37.1 Å². The van der Waals surface area contributed by atoms with Crippen LogP contribution in [0.25, 0.3) is 0 Å². The highest BCUT2D eigenvalue weighted by Gasteiger charge is 2.39. The van der Waals surface area contributed by atoms with E-state index in [9.17, 15) is 22.8 Å². The zero-order chi connectivity index (χ0) is 33.6. The third-order valence-corrected chi connectivity index (χ3v) is 9.45. The Morgan fingerprint density at radius 1 is 0.956 bits per heavy atom. The number of sulfonamides is 1. The zero-order valence-electron chi connectivity index (χ0n) is 27.8. The lowest BCUT2D eigenvalue weighted by Crippen LogP contribution is -2.48. The summed E-state index contributed by atoms with van der Waals surface area (Å²) in [5, 5.41) is 5.70. The molecular weight excluding hydrogens is 594 g/mol. The number of nitrogens with one attached hydrogen (secondary N) is 2. The van der Waals surface area contributed by atoms with Gasteiger partial charge >= 0.3 is 6.09 Å². The van der Waals surface area contributed by atoms with Crippen LogP contribution >= 0.6 is 0 Å². The van der Waals surface area contributed by atoms with Crippen LogP contribution in [0.4, 0.5) is 4.79 Å². The van der Waals surface area contributed by atoms with Crippen LogP contribution in [-0.2, 0) is 21.2 Å². The van der Waals surface area contributed by atoms with Crippen LogP contribution in [-0.4, -0.2) is 99.3 Å². The second kappa shape index (κ2) is 18.5. The number of rotatable bonds is 13. The molecule has 1 aliphatic rings. The van der Waals surface area contributed by atoms with Crippen molar-refractivity contribution in [1.82, 2.24) is 24.7 Å². The molecule has 0 aliphatic carbocycles. The highest BCUT2D eigenvalue weighted by molar-refractivity contribution is 7.89. The van der Waals surface area contributed by atoms with Crippen molar-refractivity contribution in [3.63, 3.8) is 0 Å². The van der Waals surface area contributed by atoms with Gasteiger partial charge in [0.25, 0.3) is 5.91 Å². The molecular formula is C33H51N5O6S. The number of hydrogen-bond acceptors (Lipinski definition) is 7. The lowest BCUT2D eigenvalue weighted by molar-refractivity contribution is -0.124. The smallest absolute Gasteiger partial charge is 0.410 e. The lowest BCUT2D eigenvalue weighted by Gasteiger charge is -2.25. The van der Waals surface area contributed by atoms with E-state index in [2.05, 4.69) is 36.3 Å². The Hall–Kier alpha value is -3.48. The van der Waals surface area contributed by atoms with E-state index in [1.54, 1.807) is 26.2 Å². The summed E-state index contributed by atoms with van der Waals surface area (Å²) in [5.74, 6) is -0.177. The fourth-order valence-corrected chi connectivity index (χ4v) is 6.50. The van der Waals surface area contributed by atoms with Gasteiger partial charge in [-0.3, -0.25) is 9.59 Å². The molecule has 3 rings (SSSR count). The molecule has 1 heterocycles. The Morgan fingerprint density at radius 2 is 1.56 bits per heavy atom. The maximum absolute atomic E-state index is 13.3. The van der Waals surface area contributed by atoms with Crippen molar-refractivity contribution in [2.75, 3.05) is 46.8 Å². The van der Waals surface area contributed by atoms with E-state index in [1.807, 2.05) is 26.0 Å². The van der Waals surface area contributed by atoms with E-state index in [0.717, 1.165) is 12.0 Å². The summed E-state index contributed by atoms with van der Waals surface area (Å²) in [6.07, 6.45) is 1.87. The van der Waals surface area contributed by atoms with Crippen molar-refractivity contribution >= 4 is 27.9 Å². The first-order chi connectivity index (χ1) is 21.4. The third kappa shape index (κ3) is 11.4. The first-order valence-corrected chi connectivity index (χ1v) is 17.2. The molecule has 250 valence electrons. The Balaban J connectivity index is 0.000000900. The second-order valence-electron chi connectivity index (χ2n) is 11.2. The third-order valence-electron chi connectivity index (χ3n) is 7.53. The molecule has 2 aromatic carbocycles. The van der Waals surface area contributed by atoms with Crippen LogP contribution in [0.3, 0.4) is 0 Å². The maximum Gasteiger partial charge on any atom is 0.414 e. The van der Waals surface area contributed by atoms with Gasteiger partial charge in [-0.25, -0.2) is 13.2 Å². The summed E-state index contributed by atoms with van der Waals surface area (Å²) in [6.45, 7) is 14.7. The Kier molecular flexibility index (Phi) is 15.5. The summed E-state index contributed by atoms with van der Waals surface area (Å²) >= 11 is 0. The van der Waals surface area contributed by atoms with Gasteiger partial charge in [0.2, 0.25) is 15.9 Å². The van der Waals surface area contributed by atoms with E-state index < -0.39 is 22.2 Å². The summed E-state index contributed by atoms with van der Waals surface area (Å²) in [6, 6.07) is 11.8. The van der Waals surface area contributed by atoms with Crippen molar-refractivity contribution < 1.29 is 27.5 Å². The number of nitrogens with zero attached hydrogens (tertiary/aromatic N) is 3. The molecule has 1 saturated heterocycles. The fraction of sp³-hybridized carbons (Fsp3) is 0.545. The van der Waals surface area contributed by atoms with Gasteiger partial charge in [0.15, 0.2) is 0 Å². The highest BCUT2D eigenvalue weighted by Crippen LogP contribution is 2.27. The Morgan fingerprint density at radius 3 is 2.07 bits per heavy atom. The quantitative estimate of drug-likeness (QED) is 0.335. The molecule has 1 aliphatic heterocycles. The minimum absolute atomic E-state index is 0.0485. The highest BCUT2D eigenvalue weighted by atomic mass is 32.2. The molecule has 0 unspecified atom stereocenters. The molecule has 3 amide bonds. The van der Waals surface area contributed by atoms with Crippen molar-refractivity contribution in [2.45, 2.75) is 77.3 Å². The number of hydrogen-bond donors (Lipinski definition) is 2. The van der Waals surface area contributed by atoms with Crippen LogP contribution < -0.4 is 15.4 Å². The standard InChI is InChI=1S/C27H36N4O6S.C6H15N/c1-5-16-28-25(32)21-10-14-23(15-11-21)38(35,36)31-17-6-7-24(31)26(33)29-19(2)18-20-8-12-22(13-9-20)37-27(34)30(3)4;1-4-7(5-2)6-3/h8-15,19,24H,5-7,16-18H2,1-4H3,(H,28,32)(H,29,33);4-6H2,1-3H3/t19-,24+;/m1./s1. The summed E-state index contributed by atoms with van der Waals surface area (Å²) in [7, 11) is -0.712. The van der Waals surface area contributed by atoms with E-state index in [-0.39, 0.29) is 29.3 Å². The van der Waals surface area contributed by atoms with Gasteiger partial charge in [-0.1, -0.05) is 39.8 Å². The molecule has 2 aromatic rings. The van der Waals surface area contributed by atoms with Crippen molar-refractivity contribution in [2.24, 2.45) is 0 Å². The molecule has 45 heavy (non-hydrogen) atoms. The van der Waals surface area contributed by atoms with Crippen LogP contribution in [0.2, 0.25) is 0 Å². The van der Waals surface area contributed by atoms with Gasteiger partial charge in [0.05, 0.1) is 4.90 Å². The Labute approximate surface area is 269 Å². The predicted molar refractivity (Wildman–Crippen MR) is 177 cm³/mol.